The van der Waals surface area contributed by atoms with Crippen molar-refractivity contribution in [3.8, 4) is 0 Å². The Hall–Kier alpha value is -1.88. The molecular formula is C15H19N3O2. The Morgan fingerprint density at radius 3 is 2.95 bits per heavy atom. The highest BCUT2D eigenvalue weighted by atomic mass is 16.4. The predicted octanol–water partition coefficient (Wildman–Crippen LogP) is 1.99. The van der Waals surface area contributed by atoms with E-state index in [9.17, 15) is 9.90 Å². The molecule has 106 valence electrons. The molecule has 5 nitrogen and oxygen atoms in total. The minimum Gasteiger partial charge on any atom is -0.478 e. The van der Waals surface area contributed by atoms with Gasteiger partial charge in [0.25, 0.3) is 0 Å². The summed E-state index contributed by atoms with van der Waals surface area (Å²) in [5, 5.41) is 9.25. The lowest BCUT2D eigenvalue weighted by Crippen LogP contribution is -2.17. The van der Waals surface area contributed by atoms with Crippen molar-refractivity contribution in [2.75, 3.05) is 20.1 Å². The van der Waals surface area contributed by atoms with Gasteiger partial charge >= 0.3 is 5.97 Å². The summed E-state index contributed by atoms with van der Waals surface area (Å²) in [6.07, 6.45) is 1.19. The topological polar surface area (TPSA) is 58.4 Å². The van der Waals surface area contributed by atoms with E-state index in [0.717, 1.165) is 31.0 Å². The summed E-state index contributed by atoms with van der Waals surface area (Å²) in [5.74, 6) is 0.591. The Morgan fingerprint density at radius 1 is 1.50 bits per heavy atom. The maximum absolute atomic E-state index is 11.3. The summed E-state index contributed by atoms with van der Waals surface area (Å²) >= 11 is 0. The molecule has 1 aromatic carbocycles. The molecule has 0 radical (unpaired) electrons. The molecule has 2 aromatic rings. The molecule has 1 saturated heterocycles. The number of carboxylic acid groups (broad SMARTS) is 1. The maximum Gasteiger partial charge on any atom is 0.337 e. The minimum atomic E-state index is -0.916. The van der Waals surface area contributed by atoms with Gasteiger partial charge in [-0.1, -0.05) is 6.07 Å². The third kappa shape index (κ3) is 2.18. The molecule has 1 aromatic heterocycles. The normalized spacial score (nSPS) is 19.8. The van der Waals surface area contributed by atoms with Gasteiger partial charge in [0.05, 0.1) is 11.1 Å². The van der Waals surface area contributed by atoms with Gasteiger partial charge in [-0.15, -0.1) is 0 Å². The number of hydrogen-bond acceptors (Lipinski definition) is 3. The fourth-order valence-corrected chi connectivity index (χ4v) is 3.10. The fourth-order valence-electron chi connectivity index (χ4n) is 3.10. The van der Waals surface area contributed by atoms with E-state index >= 15 is 0 Å². The zero-order valence-corrected chi connectivity index (χ0v) is 11.8. The number of para-hydroxylation sites is 1. The largest absolute Gasteiger partial charge is 0.478 e. The number of benzene rings is 1. The summed E-state index contributed by atoms with van der Waals surface area (Å²) in [4.78, 5) is 18.1. The summed E-state index contributed by atoms with van der Waals surface area (Å²) in [7, 11) is 2.14. The van der Waals surface area contributed by atoms with Gasteiger partial charge in [-0.25, -0.2) is 9.78 Å². The van der Waals surface area contributed by atoms with Gasteiger partial charge in [0.15, 0.2) is 0 Å². The van der Waals surface area contributed by atoms with E-state index in [0.29, 0.717) is 11.4 Å². The molecule has 0 saturated carbocycles. The van der Waals surface area contributed by atoms with Gasteiger partial charge in [0.2, 0.25) is 0 Å². The number of hydrogen-bond donors (Lipinski definition) is 1. The van der Waals surface area contributed by atoms with E-state index in [1.165, 1.54) is 6.42 Å². The zero-order valence-electron chi connectivity index (χ0n) is 11.8. The van der Waals surface area contributed by atoms with Crippen LogP contribution < -0.4 is 0 Å². The maximum atomic E-state index is 11.3. The first kappa shape index (κ1) is 13.1. The Bertz CT molecular complexity index is 662. The lowest BCUT2D eigenvalue weighted by atomic mass is 10.1. The Labute approximate surface area is 117 Å². The molecule has 3 rings (SSSR count). The van der Waals surface area contributed by atoms with E-state index in [1.807, 2.05) is 13.0 Å². The summed E-state index contributed by atoms with van der Waals surface area (Å²) in [6.45, 7) is 5.09. The summed E-state index contributed by atoms with van der Waals surface area (Å²) in [5.41, 5.74) is 1.81. The van der Waals surface area contributed by atoms with Crippen LogP contribution in [-0.2, 0) is 6.54 Å². The first-order valence-corrected chi connectivity index (χ1v) is 6.94. The number of aromatic nitrogens is 2. The van der Waals surface area contributed by atoms with Crippen LogP contribution in [0.1, 0.15) is 22.6 Å². The number of rotatable bonds is 3. The number of likely N-dealkylation sites (tertiary alicyclic amines) is 1. The second kappa shape index (κ2) is 4.90. The number of carbonyl (C=O) groups is 1. The molecule has 0 amide bonds. The number of nitrogens with zero attached hydrogens (tertiary/aromatic N) is 3. The van der Waals surface area contributed by atoms with Crippen molar-refractivity contribution >= 4 is 17.0 Å². The Balaban J connectivity index is 2.01. The number of aryl methyl sites for hydroxylation is 1. The third-order valence-electron chi connectivity index (χ3n) is 4.13. The van der Waals surface area contributed by atoms with Gasteiger partial charge in [-0.3, -0.25) is 0 Å². The van der Waals surface area contributed by atoms with E-state index in [-0.39, 0.29) is 5.56 Å². The van der Waals surface area contributed by atoms with E-state index in [1.54, 1.807) is 12.1 Å². The summed E-state index contributed by atoms with van der Waals surface area (Å²) in [6, 6.07) is 5.37. The first-order chi connectivity index (χ1) is 9.56. The van der Waals surface area contributed by atoms with Crippen LogP contribution in [0.4, 0.5) is 0 Å². The van der Waals surface area contributed by atoms with Gasteiger partial charge in [-0.05, 0) is 45.0 Å². The fraction of sp³-hybridized carbons (Fsp3) is 0.467. The van der Waals surface area contributed by atoms with E-state index < -0.39 is 5.97 Å². The van der Waals surface area contributed by atoms with Gasteiger partial charge in [-0.2, -0.15) is 0 Å². The predicted molar refractivity (Wildman–Crippen MR) is 77.0 cm³/mol. The molecule has 1 fully saturated rings. The van der Waals surface area contributed by atoms with Crippen molar-refractivity contribution in [3.05, 3.63) is 29.6 Å². The molecule has 0 aliphatic carbocycles. The molecule has 0 bridgehead atoms. The average Bonchev–Trinajstić information content (AvgIpc) is 2.94. The van der Waals surface area contributed by atoms with Crippen molar-refractivity contribution in [1.82, 2.24) is 14.5 Å². The molecule has 0 spiro atoms. The molecule has 2 heterocycles. The van der Waals surface area contributed by atoms with Crippen molar-refractivity contribution in [2.45, 2.75) is 19.9 Å². The molecule has 20 heavy (non-hydrogen) atoms. The minimum absolute atomic E-state index is 0.285. The SMILES string of the molecule is Cc1nc2c(C(=O)O)cccc2n1CC1CCN(C)C1. The van der Waals surface area contributed by atoms with Crippen LogP contribution in [0.3, 0.4) is 0 Å². The second-order valence-corrected chi connectivity index (χ2v) is 5.67. The summed E-state index contributed by atoms with van der Waals surface area (Å²) < 4.78 is 2.16. The number of aromatic carboxylic acids is 1. The quantitative estimate of drug-likeness (QED) is 0.929. The van der Waals surface area contributed by atoms with E-state index in [2.05, 4.69) is 21.5 Å². The van der Waals surface area contributed by atoms with Gasteiger partial charge in [0, 0.05) is 13.1 Å². The number of carboxylic acids is 1. The van der Waals surface area contributed by atoms with Crippen LogP contribution >= 0.6 is 0 Å². The Kier molecular flexibility index (Phi) is 3.22. The van der Waals surface area contributed by atoms with Crippen LogP contribution in [0, 0.1) is 12.8 Å². The highest BCUT2D eigenvalue weighted by Crippen LogP contribution is 2.24. The molecule has 1 unspecified atom stereocenters. The lowest BCUT2D eigenvalue weighted by Gasteiger charge is -2.13. The monoisotopic (exact) mass is 273 g/mol. The molecular weight excluding hydrogens is 254 g/mol. The third-order valence-corrected chi connectivity index (χ3v) is 4.13. The molecule has 1 aliphatic heterocycles. The van der Waals surface area contributed by atoms with Crippen LogP contribution in [-0.4, -0.2) is 45.7 Å². The lowest BCUT2D eigenvalue weighted by molar-refractivity contribution is 0.0699. The molecule has 5 heteroatoms. The number of fused-ring (bicyclic) bond motifs is 1. The second-order valence-electron chi connectivity index (χ2n) is 5.67. The average molecular weight is 273 g/mol. The first-order valence-electron chi connectivity index (χ1n) is 6.94. The molecule has 1 N–H and O–H groups in total. The van der Waals surface area contributed by atoms with Gasteiger partial charge < -0.3 is 14.6 Å². The highest BCUT2D eigenvalue weighted by Gasteiger charge is 2.22. The van der Waals surface area contributed by atoms with Crippen LogP contribution in [0.5, 0.6) is 0 Å². The number of imidazole rings is 1. The standard InChI is InChI=1S/C15H19N3O2/c1-10-16-14-12(15(19)20)4-3-5-13(14)18(10)9-11-6-7-17(2)8-11/h3-5,11H,6-9H2,1-2H3,(H,19,20). The van der Waals surface area contributed by atoms with Crippen LogP contribution in [0.25, 0.3) is 11.0 Å². The van der Waals surface area contributed by atoms with Crippen molar-refractivity contribution < 1.29 is 9.90 Å². The Morgan fingerprint density at radius 2 is 2.30 bits per heavy atom. The van der Waals surface area contributed by atoms with E-state index in [4.69, 9.17) is 0 Å². The highest BCUT2D eigenvalue weighted by molar-refractivity contribution is 6.01. The van der Waals surface area contributed by atoms with Crippen LogP contribution in [0.2, 0.25) is 0 Å². The zero-order chi connectivity index (χ0) is 14.3. The molecule has 1 aliphatic rings. The molecule has 1 atom stereocenters. The van der Waals surface area contributed by atoms with Crippen LogP contribution in [0.15, 0.2) is 18.2 Å². The van der Waals surface area contributed by atoms with Crippen molar-refractivity contribution in [1.29, 1.82) is 0 Å². The van der Waals surface area contributed by atoms with Crippen molar-refractivity contribution in [2.24, 2.45) is 5.92 Å². The van der Waals surface area contributed by atoms with Crippen molar-refractivity contribution in [3.63, 3.8) is 0 Å². The smallest absolute Gasteiger partial charge is 0.337 e. The van der Waals surface area contributed by atoms with Gasteiger partial charge in [0.1, 0.15) is 11.3 Å².